The van der Waals surface area contributed by atoms with E-state index in [1.54, 1.807) is 6.33 Å². The molecule has 15 heavy (non-hydrogen) atoms. The summed E-state index contributed by atoms with van der Waals surface area (Å²) in [6.45, 7) is 2.07. The third kappa shape index (κ3) is 1.98. The van der Waals surface area contributed by atoms with Crippen LogP contribution in [0.15, 0.2) is 24.5 Å². The average Bonchev–Trinajstić information content (AvgIpc) is 2.57. The molecule has 0 saturated heterocycles. The summed E-state index contributed by atoms with van der Waals surface area (Å²) in [5, 5.41) is 2.76. The van der Waals surface area contributed by atoms with Crippen molar-refractivity contribution in [2.75, 3.05) is 0 Å². The zero-order valence-corrected chi connectivity index (χ0v) is 8.82. The zero-order valence-electron chi connectivity index (χ0n) is 8.82. The molecule has 0 saturated carbocycles. The number of nitrogens with zero attached hydrogens (tertiary/aromatic N) is 2. The molecule has 0 aliphatic carbocycles. The van der Waals surface area contributed by atoms with Crippen molar-refractivity contribution in [1.29, 1.82) is 0 Å². The number of hydrogen-bond donors (Lipinski definition) is 1. The SMILES string of the molecule is CC(=O)NCc1ccc2c(c1)ncn2C. The summed E-state index contributed by atoms with van der Waals surface area (Å²) in [7, 11) is 1.96. The first-order chi connectivity index (χ1) is 7.16. The largest absolute Gasteiger partial charge is 0.352 e. The number of aryl methyl sites for hydroxylation is 1. The van der Waals surface area contributed by atoms with E-state index in [4.69, 9.17) is 0 Å². The Morgan fingerprint density at radius 1 is 1.53 bits per heavy atom. The normalized spacial score (nSPS) is 10.5. The van der Waals surface area contributed by atoms with E-state index in [9.17, 15) is 4.79 Å². The van der Waals surface area contributed by atoms with E-state index in [0.717, 1.165) is 16.6 Å². The summed E-state index contributed by atoms with van der Waals surface area (Å²) in [5.41, 5.74) is 3.12. The lowest BCUT2D eigenvalue weighted by Gasteiger charge is -2.02. The molecule has 0 spiro atoms. The van der Waals surface area contributed by atoms with Gasteiger partial charge in [-0.15, -0.1) is 0 Å². The number of hydrogen-bond acceptors (Lipinski definition) is 2. The van der Waals surface area contributed by atoms with E-state index in [1.165, 1.54) is 6.92 Å². The number of carbonyl (C=O) groups is 1. The molecule has 4 nitrogen and oxygen atoms in total. The quantitative estimate of drug-likeness (QED) is 0.797. The zero-order chi connectivity index (χ0) is 10.8. The average molecular weight is 203 g/mol. The number of amides is 1. The maximum Gasteiger partial charge on any atom is 0.217 e. The molecule has 1 aromatic heterocycles. The van der Waals surface area contributed by atoms with Crippen LogP contribution in [0.3, 0.4) is 0 Å². The Balaban J connectivity index is 2.27. The maximum atomic E-state index is 10.8. The van der Waals surface area contributed by atoms with Gasteiger partial charge in [0.15, 0.2) is 0 Å². The highest BCUT2D eigenvalue weighted by atomic mass is 16.1. The molecule has 4 heteroatoms. The van der Waals surface area contributed by atoms with Crippen LogP contribution in [0.2, 0.25) is 0 Å². The maximum absolute atomic E-state index is 10.8. The first-order valence-corrected chi connectivity index (χ1v) is 4.81. The monoisotopic (exact) mass is 203 g/mol. The second-order valence-corrected chi connectivity index (χ2v) is 3.59. The molecule has 0 fully saturated rings. The van der Waals surface area contributed by atoms with E-state index in [2.05, 4.69) is 10.3 Å². The van der Waals surface area contributed by atoms with Gasteiger partial charge in [0.25, 0.3) is 0 Å². The smallest absolute Gasteiger partial charge is 0.217 e. The minimum atomic E-state index is -0.0175. The lowest BCUT2D eigenvalue weighted by molar-refractivity contribution is -0.119. The topological polar surface area (TPSA) is 46.9 Å². The Bertz CT molecular complexity index is 502. The van der Waals surface area contributed by atoms with Crippen LogP contribution in [-0.2, 0) is 18.4 Å². The molecule has 1 aromatic carbocycles. The van der Waals surface area contributed by atoms with Crippen molar-refractivity contribution >= 4 is 16.9 Å². The molecular weight excluding hydrogens is 190 g/mol. The van der Waals surface area contributed by atoms with Gasteiger partial charge in [-0.2, -0.15) is 0 Å². The van der Waals surface area contributed by atoms with Gasteiger partial charge in [0.1, 0.15) is 0 Å². The summed E-state index contributed by atoms with van der Waals surface area (Å²) in [4.78, 5) is 15.0. The fraction of sp³-hybridized carbons (Fsp3) is 0.273. The Labute approximate surface area is 87.9 Å². The van der Waals surface area contributed by atoms with Crippen LogP contribution >= 0.6 is 0 Å². The molecule has 0 radical (unpaired) electrons. The van der Waals surface area contributed by atoms with Gasteiger partial charge in [0.05, 0.1) is 17.4 Å². The van der Waals surface area contributed by atoms with Crippen molar-refractivity contribution in [3.63, 3.8) is 0 Å². The number of imidazole rings is 1. The number of carbonyl (C=O) groups excluding carboxylic acids is 1. The molecule has 1 heterocycles. The van der Waals surface area contributed by atoms with Crippen LogP contribution in [0.1, 0.15) is 12.5 Å². The molecule has 0 unspecified atom stereocenters. The number of benzene rings is 1. The fourth-order valence-electron chi connectivity index (χ4n) is 1.52. The second kappa shape index (κ2) is 3.73. The van der Waals surface area contributed by atoms with Gasteiger partial charge in [-0.3, -0.25) is 4.79 Å². The minimum absolute atomic E-state index is 0.0175. The Hall–Kier alpha value is -1.84. The summed E-state index contributed by atoms with van der Waals surface area (Å²) in [6, 6.07) is 6.00. The van der Waals surface area contributed by atoms with Gasteiger partial charge in [-0.05, 0) is 17.7 Å². The van der Waals surface area contributed by atoms with Gasteiger partial charge in [-0.1, -0.05) is 6.07 Å². The fourth-order valence-corrected chi connectivity index (χ4v) is 1.52. The lowest BCUT2D eigenvalue weighted by Crippen LogP contribution is -2.18. The molecule has 1 N–H and O–H groups in total. The molecular formula is C11H13N3O. The lowest BCUT2D eigenvalue weighted by atomic mass is 10.2. The van der Waals surface area contributed by atoms with E-state index < -0.39 is 0 Å². The van der Waals surface area contributed by atoms with Gasteiger partial charge < -0.3 is 9.88 Å². The van der Waals surface area contributed by atoms with Crippen molar-refractivity contribution in [3.05, 3.63) is 30.1 Å². The van der Waals surface area contributed by atoms with Crippen LogP contribution in [0.5, 0.6) is 0 Å². The molecule has 2 rings (SSSR count). The number of aromatic nitrogens is 2. The van der Waals surface area contributed by atoms with E-state index in [1.807, 2.05) is 29.8 Å². The van der Waals surface area contributed by atoms with Crippen LogP contribution in [0.4, 0.5) is 0 Å². The number of nitrogens with one attached hydrogen (secondary N) is 1. The minimum Gasteiger partial charge on any atom is -0.352 e. The Kier molecular flexibility index (Phi) is 2.41. The standard InChI is InChI=1S/C11H13N3O/c1-8(15)12-6-9-3-4-11-10(5-9)13-7-14(11)2/h3-5,7H,6H2,1-2H3,(H,12,15). The van der Waals surface area contributed by atoms with Crippen molar-refractivity contribution < 1.29 is 4.79 Å². The van der Waals surface area contributed by atoms with Crippen LogP contribution < -0.4 is 5.32 Å². The number of rotatable bonds is 2. The van der Waals surface area contributed by atoms with Gasteiger partial charge in [0.2, 0.25) is 5.91 Å². The molecule has 0 aliphatic heterocycles. The second-order valence-electron chi connectivity index (χ2n) is 3.59. The summed E-state index contributed by atoms with van der Waals surface area (Å²) in [6.07, 6.45) is 1.78. The van der Waals surface area contributed by atoms with Crippen LogP contribution in [-0.4, -0.2) is 15.5 Å². The van der Waals surface area contributed by atoms with Gasteiger partial charge in [-0.25, -0.2) is 4.98 Å². The molecule has 0 bridgehead atoms. The first-order valence-electron chi connectivity index (χ1n) is 4.81. The highest BCUT2D eigenvalue weighted by molar-refractivity contribution is 5.76. The van der Waals surface area contributed by atoms with E-state index >= 15 is 0 Å². The van der Waals surface area contributed by atoms with Crippen molar-refractivity contribution in [2.45, 2.75) is 13.5 Å². The number of fused-ring (bicyclic) bond motifs is 1. The Morgan fingerprint density at radius 2 is 2.33 bits per heavy atom. The van der Waals surface area contributed by atoms with E-state index in [0.29, 0.717) is 6.54 Å². The van der Waals surface area contributed by atoms with Gasteiger partial charge in [0, 0.05) is 20.5 Å². The third-order valence-corrected chi connectivity index (χ3v) is 2.33. The Morgan fingerprint density at radius 3 is 3.07 bits per heavy atom. The summed E-state index contributed by atoms with van der Waals surface area (Å²) >= 11 is 0. The molecule has 78 valence electrons. The summed E-state index contributed by atoms with van der Waals surface area (Å²) < 4.78 is 1.97. The first kappa shape index (κ1) is 9.71. The van der Waals surface area contributed by atoms with Gasteiger partial charge >= 0.3 is 0 Å². The van der Waals surface area contributed by atoms with Crippen molar-refractivity contribution in [2.24, 2.45) is 7.05 Å². The predicted octanol–water partition coefficient (Wildman–Crippen LogP) is 1.21. The molecule has 0 aliphatic rings. The van der Waals surface area contributed by atoms with E-state index in [-0.39, 0.29) is 5.91 Å². The van der Waals surface area contributed by atoms with Crippen molar-refractivity contribution in [3.8, 4) is 0 Å². The highest BCUT2D eigenvalue weighted by Gasteiger charge is 2.01. The van der Waals surface area contributed by atoms with Crippen LogP contribution in [0, 0.1) is 0 Å². The molecule has 0 atom stereocenters. The van der Waals surface area contributed by atoms with Crippen molar-refractivity contribution in [1.82, 2.24) is 14.9 Å². The molecule has 2 aromatic rings. The van der Waals surface area contributed by atoms with Crippen LogP contribution in [0.25, 0.3) is 11.0 Å². The predicted molar refractivity (Wildman–Crippen MR) is 58.2 cm³/mol. The third-order valence-electron chi connectivity index (χ3n) is 2.33. The summed E-state index contributed by atoms with van der Waals surface area (Å²) in [5.74, 6) is -0.0175. The molecule has 1 amide bonds. The highest BCUT2D eigenvalue weighted by Crippen LogP contribution is 2.13.